The van der Waals surface area contributed by atoms with E-state index in [4.69, 9.17) is 11.6 Å². The van der Waals surface area contributed by atoms with Crippen LogP contribution in [0.25, 0.3) is 0 Å². The van der Waals surface area contributed by atoms with E-state index in [0.29, 0.717) is 5.25 Å². The third kappa shape index (κ3) is 3.66. The minimum atomic E-state index is 0.618. The second-order valence-electron chi connectivity index (χ2n) is 5.10. The molecule has 1 aromatic carbocycles. The van der Waals surface area contributed by atoms with Gasteiger partial charge in [-0.2, -0.15) is 0 Å². The number of hydrogen-bond acceptors (Lipinski definition) is 3. The predicted molar refractivity (Wildman–Crippen MR) is 82.9 cm³/mol. The predicted octanol–water partition coefficient (Wildman–Crippen LogP) is 4.58. The van der Waals surface area contributed by atoms with Gasteiger partial charge in [-0.25, -0.2) is 0 Å². The van der Waals surface area contributed by atoms with Crippen LogP contribution in [-0.4, -0.2) is 17.0 Å². The van der Waals surface area contributed by atoms with Gasteiger partial charge in [0.1, 0.15) is 0 Å². The molecule has 2 rings (SSSR count). The lowest BCUT2D eigenvalue weighted by atomic mass is 10.1. The van der Waals surface area contributed by atoms with E-state index in [-0.39, 0.29) is 0 Å². The lowest BCUT2D eigenvalue weighted by Crippen LogP contribution is -2.10. The van der Waals surface area contributed by atoms with Crippen molar-refractivity contribution in [1.29, 1.82) is 0 Å². The van der Waals surface area contributed by atoms with Crippen LogP contribution in [0.4, 0.5) is 5.69 Å². The fraction of sp³-hybridized carbons (Fsp3) is 0.500. The number of thioether (sulfide) groups is 1. The van der Waals surface area contributed by atoms with Crippen molar-refractivity contribution in [2.75, 3.05) is 11.9 Å². The van der Waals surface area contributed by atoms with Crippen molar-refractivity contribution in [1.82, 2.24) is 0 Å². The van der Waals surface area contributed by atoms with Crippen LogP contribution in [0, 0.1) is 12.8 Å². The molecule has 1 aromatic rings. The van der Waals surface area contributed by atoms with E-state index in [1.807, 2.05) is 30.0 Å². The Labute approximate surface area is 118 Å². The Hall–Kier alpha value is -0.670. The molecule has 0 bridgehead atoms. The second-order valence-corrected chi connectivity index (χ2v) is 6.82. The van der Waals surface area contributed by atoms with E-state index < -0.39 is 0 Å². The van der Waals surface area contributed by atoms with Gasteiger partial charge in [-0.15, -0.1) is 0 Å². The Balaban J connectivity index is 1.97. The molecule has 1 aliphatic heterocycles. The van der Waals surface area contributed by atoms with Crippen LogP contribution < -0.4 is 5.32 Å². The maximum Gasteiger partial charge on any atom is 0.161 e. The van der Waals surface area contributed by atoms with Crippen LogP contribution in [0.5, 0.6) is 0 Å². The van der Waals surface area contributed by atoms with Gasteiger partial charge in [0, 0.05) is 16.0 Å². The minimum absolute atomic E-state index is 0.618. The second kappa shape index (κ2) is 5.98. The summed E-state index contributed by atoms with van der Waals surface area (Å²) in [5.41, 5.74) is 2.24. The maximum absolute atomic E-state index is 6.01. The number of anilines is 1. The molecule has 0 saturated heterocycles. The number of benzene rings is 1. The Morgan fingerprint density at radius 1 is 1.50 bits per heavy atom. The summed E-state index contributed by atoms with van der Waals surface area (Å²) in [7, 11) is 0. The minimum Gasteiger partial charge on any atom is -0.335 e. The van der Waals surface area contributed by atoms with Gasteiger partial charge in [0.2, 0.25) is 0 Å². The first kappa shape index (κ1) is 13.8. The molecule has 18 heavy (non-hydrogen) atoms. The van der Waals surface area contributed by atoms with Crippen LogP contribution in [0.2, 0.25) is 5.02 Å². The van der Waals surface area contributed by atoms with Crippen LogP contribution >= 0.6 is 23.4 Å². The first-order valence-corrected chi connectivity index (χ1v) is 7.54. The zero-order valence-corrected chi connectivity index (χ0v) is 12.6. The highest BCUT2D eigenvalue weighted by molar-refractivity contribution is 8.15. The lowest BCUT2D eigenvalue weighted by molar-refractivity contribution is 0.575. The van der Waals surface area contributed by atoms with Gasteiger partial charge in [-0.3, -0.25) is 4.99 Å². The summed E-state index contributed by atoms with van der Waals surface area (Å²) in [6, 6.07) is 5.89. The highest BCUT2D eigenvalue weighted by atomic mass is 35.5. The summed E-state index contributed by atoms with van der Waals surface area (Å²) in [5, 5.41) is 5.77. The Morgan fingerprint density at radius 3 is 3.00 bits per heavy atom. The smallest absolute Gasteiger partial charge is 0.161 e. The molecule has 0 spiro atoms. The van der Waals surface area contributed by atoms with Gasteiger partial charge < -0.3 is 5.32 Å². The fourth-order valence-electron chi connectivity index (χ4n) is 1.98. The number of halogens is 1. The van der Waals surface area contributed by atoms with Crippen molar-refractivity contribution in [2.45, 2.75) is 32.4 Å². The molecule has 2 nitrogen and oxygen atoms in total. The van der Waals surface area contributed by atoms with Crippen molar-refractivity contribution in [2.24, 2.45) is 10.9 Å². The fourth-order valence-corrected chi connectivity index (χ4v) is 3.41. The first-order chi connectivity index (χ1) is 8.54. The molecule has 0 saturated carbocycles. The topological polar surface area (TPSA) is 24.4 Å². The quantitative estimate of drug-likeness (QED) is 0.878. The summed E-state index contributed by atoms with van der Waals surface area (Å²) in [5.74, 6) is 0.727. The monoisotopic (exact) mass is 282 g/mol. The van der Waals surface area contributed by atoms with Crippen molar-refractivity contribution >= 4 is 34.2 Å². The largest absolute Gasteiger partial charge is 0.335 e. The summed E-state index contributed by atoms with van der Waals surface area (Å²) < 4.78 is 0. The van der Waals surface area contributed by atoms with Crippen molar-refractivity contribution in [3.63, 3.8) is 0 Å². The molecule has 1 aliphatic rings. The zero-order chi connectivity index (χ0) is 13.1. The number of aryl methyl sites for hydroxylation is 1. The van der Waals surface area contributed by atoms with E-state index >= 15 is 0 Å². The molecule has 1 unspecified atom stereocenters. The molecule has 0 aliphatic carbocycles. The molecule has 1 N–H and O–H groups in total. The Morgan fingerprint density at radius 2 is 2.28 bits per heavy atom. The van der Waals surface area contributed by atoms with Crippen molar-refractivity contribution < 1.29 is 0 Å². The van der Waals surface area contributed by atoms with Crippen molar-refractivity contribution in [3.8, 4) is 0 Å². The number of nitrogens with one attached hydrogen (secondary N) is 1. The first-order valence-electron chi connectivity index (χ1n) is 6.29. The third-order valence-electron chi connectivity index (χ3n) is 2.89. The Kier molecular flexibility index (Phi) is 4.57. The lowest BCUT2D eigenvalue weighted by Gasteiger charge is -2.12. The maximum atomic E-state index is 6.01. The van der Waals surface area contributed by atoms with E-state index in [1.165, 1.54) is 12.0 Å². The Bertz CT molecular complexity index is 457. The molecule has 1 atom stereocenters. The van der Waals surface area contributed by atoms with E-state index in [1.54, 1.807) is 0 Å². The van der Waals surface area contributed by atoms with Crippen LogP contribution in [0.1, 0.15) is 25.8 Å². The standard InChI is InChI=1S/C14H19ClN2S/c1-9(2)6-12-8-16-14(18-12)17-13-7-11(15)5-4-10(13)3/h4-5,7,9,12H,6,8H2,1-3H3,(H,16,17). The molecular formula is C14H19ClN2S. The number of aliphatic imine (C=N–C) groups is 1. The van der Waals surface area contributed by atoms with Crippen LogP contribution in [-0.2, 0) is 0 Å². The van der Waals surface area contributed by atoms with Gasteiger partial charge in [0.25, 0.3) is 0 Å². The normalized spacial score (nSPS) is 19.2. The summed E-state index contributed by atoms with van der Waals surface area (Å²) in [6.07, 6.45) is 1.22. The number of nitrogens with zero attached hydrogens (tertiary/aromatic N) is 1. The molecule has 0 fully saturated rings. The van der Waals surface area contributed by atoms with Crippen molar-refractivity contribution in [3.05, 3.63) is 28.8 Å². The van der Waals surface area contributed by atoms with E-state index in [9.17, 15) is 0 Å². The van der Waals surface area contributed by atoms with Gasteiger partial charge in [0.15, 0.2) is 5.17 Å². The van der Waals surface area contributed by atoms with Gasteiger partial charge in [-0.05, 0) is 37.0 Å². The summed E-state index contributed by atoms with van der Waals surface area (Å²) in [6.45, 7) is 7.51. The summed E-state index contributed by atoms with van der Waals surface area (Å²) >= 11 is 7.86. The number of amidine groups is 1. The average molecular weight is 283 g/mol. The van der Waals surface area contributed by atoms with E-state index in [0.717, 1.165) is 28.3 Å². The van der Waals surface area contributed by atoms with Gasteiger partial charge in [0.05, 0.1) is 6.54 Å². The third-order valence-corrected chi connectivity index (χ3v) is 4.26. The number of hydrogen-bond donors (Lipinski definition) is 1. The SMILES string of the molecule is Cc1ccc(Cl)cc1NC1=NCC(CC(C)C)S1. The number of rotatable bonds is 3. The average Bonchev–Trinajstić information content (AvgIpc) is 2.70. The van der Waals surface area contributed by atoms with Crippen LogP contribution in [0.3, 0.4) is 0 Å². The summed E-state index contributed by atoms with van der Waals surface area (Å²) in [4.78, 5) is 4.56. The van der Waals surface area contributed by atoms with Crippen LogP contribution in [0.15, 0.2) is 23.2 Å². The highest BCUT2D eigenvalue weighted by Gasteiger charge is 2.20. The molecule has 0 radical (unpaired) electrons. The molecule has 0 aromatic heterocycles. The van der Waals surface area contributed by atoms with E-state index in [2.05, 4.69) is 31.1 Å². The highest BCUT2D eigenvalue weighted by Crippen LogP contribution is 2.29. The molecule has 1 heterocycles. The molecule has 0 amide bonds. The zero-order valence-electron chi connectivity index (χ0n) is 11.0. The molecule has 98 valence electrons. The molecular weight excluding hydrogens is 264 g/mol. The van der Waals surface area contributed by atoms with Gasteiger partial charge >= 0.3 is 0 Å². The molecule has 4 heteroatoms. The van der Waals surface area contributed by atoms with Gasteiger partial charge in [-0.1, -0.05) is 43.3 Å².